The molecule has 1 unspecified atom stereocenters. The van der Waals surface area contributed by atoms with Gasteiger partial charge >= 0.3 is 5.97 Å². The third-order valence-corrected chi connectivity index (χ3v) is 5.72. The van der Waals surface area contributed by atoms with Gasteiger partial charge in [-0.3, -0.25) is 9.69 Å². The van der Waals surface area contributed by atoms with Crippen molar-refractivity contribution < 1.29 is 14.3 Å². The number of halogens is 1. The molecule has 7 heteroatoms. The van der Waals surface area contributed by atoms with Crippen LogP contribution in [0, 0.1) is 13.8 Å². The van der Waals surface area contributed by atoms with E-state index in [9.17, 15) is 9.59 Å². The highest BCUT2D eigenvalue weighted by Crippen LogP contribution is 2.24. The number of piperazine rings is 1. The molecule has 1 atom stereocenters. The number of aryl methyl sites for hydroxylation is 1. The summed E-state index contributed by atoms with van der Waals surface area (Å²) in [5.41, 5.74) is 3.35. The van der Waals surface area contributed by atoms with Crippen LogP contribution >= 0.6 is 11.6 Å². The number of benzene rings is 1. The highest BCUT2D eigenvalue weighted by atomic mass is 35.5. The van der Waals surface area contributed by atoms with Crippen LogP contribution in [0.25, 0.3) is 0 Å². The highest BCUT2D eigenvalue weighted by Gasteiger charge is 2.30. The van der Waals surface area contributed by atoms with Crippen molar-refractivity contribution in [2.75, 3.05) is 38.2 Å². The predicted octanol–water partition coefficient (Wildman–Crippen LogP) is 3.46. The van der Waals surface area contributed by atoms with E-state index in [0.29, 0.717) is 22.5 Å². The van der Waals surface area contributed by atoms with Crippen molar-refractivity contribution in [2.45, 2.75) is 26.8 Å². The van der Waals surface area contributed by atoms with Gasteiger partial charge in [0.25, 0.3) is 0 Å². The summed E-state index contributed by atoms with van der Waals surface area (Å²) in [6.45, 7) is 8.70. The Morgan fingerprint density at radius 3 is 2.46 bits per heavy atom. The summed E-state index contributed by atoms with van der Waals surface area (Å²) in [7, 11) is 1.34. The van der Waals surface area contributed by atoms with Crippen molar-refractivity contribution in [3.05, 3.63) is 51.8 Å². The van der Waals surface area contributed by atoms with Gasteiger partial charge in [0.15, 0.2) is 5.78 Å². The molecular formula is C21H26ClN3O3. The van der Waals surface area contributed by atoms with Crippen molar-refractivity contribution in [2.24, 2.45) is 0 Å². The Morgan fingerprint density at radius 2 is 1.86 bits per heavy atom. The van der Waals surface area contributed by atoms with Crippen LogP contribution in [-0.2, 0) is 4.74 Å². The minimum atomic E-state index is -0.423. The van der Waals surface area contributed by atoms with Gasteiger partial charge in [0, 0.05) is 42.6 Å². The third-order valence-electron chi connectivity index (χ3n) is 5.49. The van der Waals surface area contributed by atoms with Gasteiger partial charge in [0.05, 0.1) is 24.4 Å². The second kappa shape index (κ2) is 8.37. The van der Waals surface area contributed by atoms with E-state index >= 15 is 0 Å². The first-order valence-corrected chi connectivity index (χ1v) is 9.77. The Hall–Kier alpha value is -2.31. The molecule has 0 saturated carbocycles. The number of Topliss-reactive ketones (excluding diaryl/α,β-unsaturated/α-hetero) is 1. The molecule has 1 fully saturated rings. The van der Waals surface area contributed by atoms with Crippen LogP contribution in [0.5, 0.6) is 0 Å². The molecule has 1 aliphatic heterocycles. The van der Waals surface area contributed by atoms with Gasteiger partial charge in [-0.15, -0.1) is 0 Å². The summed E-state index contributed by atoms with van der Waals surface area (Å²) in [6, 6.07) is 7.56. The fourth-order valence-corrected chi connectivity index (χ4v) is 4.00. The van der Waals surface area contributed by atoms with E-state index in [-0.39, 0.29) is 11.8 Å². The van der Waals surface area contributed by atoms with Gasteiger partial charge in [-0.2, -0.15) is 0 Å². The van der Waals surface area contributed by atoms with Crippen LogP contribution in [0.4, 0.5) is 5.69 Å². The van der Waals surface area contributed by atoms with Crippen molar-refractivity contribution in [3.63, 3.8) is 0 Å². The summed E-state index contributed by atoms with van der Waals surface area (Å²) in [5, 5.41) is 0.725. The molecule has 1 N–H and O–H groups in total. The number of methoxy groups -OCH3 is 1. The number of hydrogen-bond acceptors (Lipinski definition) is 5. The van der Waals surface area contributed by atoms with Crippen LogP contribution in [0.2, 0.25) is 5.02 Å². The van der Waals surface area contributed by atoms with E-state index < -0.39 is 5.97 Å². The number of carbonyl (C=O) groups excluding carboxylic acids is 2. The first kappa shape index (κ1) is 20.4. The number of aromatic amines is 1. The van der Waals surface area contributed by atoms with Gasteiger partial charge in [0.2, 0.25) is 0 Å². The van der Waals surface area contributed by atoms with E-state index in [1.54, 1.807) is 13.8 Å². The average molecular weight is 404 g/mol. The zero-order chi connectivity index (χ0) is 20.4. The number of carbonyl (C=O) groups is 2. The SMILES string of the molecule is COC(=O)c1c(C)[nH]c(C(=O)C(C)N2CCN(c3cccc(Cl)c3)CC2)c1C. The van der Waals surface area contributed by atoms with E-state index in [1.165, 1.54) is 7.11 Å². The van der Waals surface area contributed by atoms with Gasteiger partial charge in [-0.1, -0.05) is 17.7 Å². The standard InChI is InChI=1S/C21H26ClN3O3/c1-13-18(21(27)28-4)14(2)23-19(13)20(26)15(3)24-8-10-25(11-9-24)17-7-5-6-16(22)12-17/h5-7,12,15,23H,8-11H2,1-4H3. The lowest BCUT2D eigenvalue weighted by Gasteiger charge is -2.38. The molecule has 1 aromatic heterocycles. The Labute approximate surface area is 170 Å². The third kappa shape index (κ3) is 3.93. The molecule has 28 heavy (non-hydrogen) atoms. The van der Waals surface area contributed by atoms with Crippen LogP contribution < -0.4 is 4.90 Å². The maximum Gasteiger partial charge on any atom is 0.339 e. The molecule has 2 heterocycles. The maximum atomic E-state index is 13.1. The Balaban J connectivity index is 1.69. The fourth-order valence-electron chi connectivity index (χ4n) is 3.82. The summed E-state index contributed by atoms with van der Waals surface area (Å²) >= 11 is 6.10. The summed E-state index contributed by atoms with van der Waals surface area (Å²) in [5.74, 6) is -0.431. The van der Waals surface area contributed by atoms with Crippen molar-refractivity contribution in [1.29, 1.82) is 0 Å². The predicted molar refractivity (Wildman–Crippen MR) is 111 cm³/mol. The molecule has 0 aliphatic carbocycles. The van der Waals surface area contributed by atoms with Gasteiger partial charge in [-0.25, -0.2) is 4.79 Å². The maximum absolute atomic E-state index is 13.1. The zero-order valence-electron chi connectivity index (χ0n) is 16.7. The zero-order valence-corrected chi connectivity index (χ0v) is 17.5. The molecule has 0 bridgehead atoms. The molecule has 0 spiro atoms. The Morgan fingerprint density at radius 1 is 1.18 bits per heavy atom. The lowest BCUT2D eigenvalue weighted by Crippen LogP contribution is -2.51. The van der Waals surface area contributed by atoms with E-state index in [4.69, 9.17) is 16.3 Å². The van der Waals surface area contributed by atoms with Crippen LogP contribution in [-0.4, -0.2) is 61.0 Å². The molecule has 6 nitrogen and oxygen atoms in total. The largest absolute Gasteiger partial charge is 0.465 e. The van der Waals surface area contributed by atoms with E-state index in [0.717, 1.165) is 36.9 Å². The van der Waals surface area contributed by atoms with Crippen molar-refractivity contribution >= 4 is 29.0 Å². The number of rotatable bonds is 5. The number of nitrogens with one attached hydrogen (secondary N) is 1. The molecular weight excluding hydrogens is 378 g/mol. The molecule has 1 aromatic carbocycles. The second-order valence-electron chi connectivity index (χ2n) is 7.16. The quantitative estimate of drug-likeness (QED) is 0.611. The number of H-pyrrole nitrogens is 1. The number of aromatic nitrogens is 1. The molecule has 0 amide bonds. The van der Waals surface area contributed by atoms with E-state index in [1.807, 2.05) is 25.1 Å². The van der Waals surface area contributed by atoms with Gasteiger partial charge in [-0.05, 0) is 44.5 Å². The van der Waals surface area contributed by atoms with E-state index in [2.05, 4.69) is 20.9 Å². The van der Waals surface area contributed by atoms with Gasteiger partial charge < -0.3 is 14.6 Å². The minimum absolute atomic E-state index is 0.00745. The summed E-state index contributed by atoms with van der Waals surface area (Å²) in [4.78, 5) is 32.6. The smallest absolute Gasteiger partial charge is 0.339 e. The van der Waals surface area contributed by atoms with Crippen molar-refractivity contribution in [3.8, 4) is 0 Å². The number of hydrogen-bond donors (Lipinski definition) is 1. The van der Waals surface area contributed by atoms with Crippen molar-refractivity contribution in [1.82, 2.24) is 9.88 Å². The van der Waals surface area contributed by atoms with Gasteiger partial charge in [0.1, 0.15) is 0 Å². The minimum Gasteiger partial charge on any atom is -0.465 e. The molecule has 2 aromatic rings. The monoisotopic (exact) mass is 403 g/mol. The lowest BCUT2D eigenvalue weighted by atomic mass is 10.0. The highest BCUT2D eigenvalue weighted by molar-refractivity contribution is 6.30. The Kier molecular flexibility index (Phi) is 6.10. The molecule has 150 valence electrons. The topological polar surface area (TPSA) is 65.6 Å². The molecule has 0 radical (unpaired) electrons. The summed E-state index contributed by atoms with van der Waals surface area (Å²) < 4.78 is 4.83. The van der Waals surface area contributed by atoms with Crippen LogP contribution in [0.1, 0.15) is 39.0 Å². The normalized spacial score (nSPS) is 16.1. The number of ketones is 1. The lowest BCUT2D eigenvalue weighted by molar-refractivity contribution is 0.0599. The molecule has 1 saturated heterocycles. The first-order chi connectivity index (χ1) is 13.3. The number of anilines is 1. The number of ether oxygens (including phenoxy) is 1. The fraction of sp³-hybridized carbons (Fsp3) is 0.429. The second-order valence-corrected chi connectivity index (χ2v) is 7.60. The Bertz CT molecular complexity index is 885. The molecule has 1 aliphatic rings. The molecule has 3 rings (SSSR count). The summed E-state index contributed by atoms with van der Waals surface area (Å²) in [6.07, 6.45) is 0. The average Bonchev–Trinajstić information content (AvgIpc) is 3.00. The van der Waals surface area contributed by atoms with Crippen LogP contribution in [0.3, 0.4) is 0 Å². The number of esters is 1. The first-order valence-electron chi connectivity index (χ1n) is 9.39. The number of nitrogens with zero attached hydrogens (tertiary/aromatic N) is 2. The van der Waals surface area contributed by atoms with Crippen LogP contribution in [0.15, 0.2) is 24.3 Å².